The van der Waals surface area contributed by atoms with Crippen LogP contribution in [-0.2, 0) is 20.9 Å². The lowest BCUT2D eigenvalue weighted by Crippen LogP contribution is -2.52. The maximum atomic E-state index is 14.0. The van der Waals surface area contributed by atoms with Gasteiger partial charge >= 0.3 is 0 Å². The van der Waals surface area contributed by atoms with E-state index in [4.69, 9.17) is 4.43 Å². The molecule has 1 unspecified atom stereocenters. The highest BCUT2D eigenvalue weighted by Crippen LogP contribution is 2.45. The van der Waals surface area contributed by atoms with Crippen molar-refractivity contribution in [2.75, 3.05) is 11.9 Å². The van der Waals surface area contributed by atoms with Crippen LogP contribution in [0.4, 0.5) is 0 Å². The van der Waals surface area contributed by atoms with Crippen molar-refractivity contribution >= 4 is 40.3 Å². The predicted octanol–water partition coefficient (Wildman–Crippen LogP) is 7.54. The van der Waals surface area contributed by atoms with E-state index in [2.05, 4.69) is 75.7 Å². The first-order valence-electron chi connectivity index (χ1n) is 12.6. The number of aryl methyl sites for hydroxylation is 1. The SMILES string of the molecule is Cc1ccc(S(=O)(=O)N(CCBr)C2Cc3ccccc3C=C2O[Si](C(C)C)(C(C)C)C(C)C)cc1. The minimum atomic E-state index is -3.73. The van der Waals surface area contributed by atoms with Crippen LogP contribution in [0.3, 0.4) is 0 Å². The van der Waals surface area contributed by atoms with E-state index in [0.717, 1.165) is 22.4 Å². The molecule has 35 heavy (non-hydrogen) atoms. The Kier molecular flexibility index (Phi) is 9.11. The zero-order valence-electron chi connectivity index (χ0n) is 22.1. The van der Waals surface area contributed by atoms with Gasteiger partial charge in [-0.05, 0) is 59.3 Å². The van der Waals surface area contributed by atoms with Gasteiger partial charge in [0.1, 0.15) is 0 Å². The second-order valence-electron chi connectivity index (χ2n) is 10.5. The van der Waals surface area contributed by atoms with Crippen LogP contribution < -0.4 is 0 Å². The maximum Gasteiger partial charge on any atom is 0.258 e. The second kappa shape index (κ2) is 11.3. The molecule has 2 aromatic carbocycles. The van der Waals surface area contributed by atoms with Crippen molar-refractivity contribution in [1.29, 1.82) is 0 Å². The van der Waals surface area contributed by atoms with Gasteiger partial charge in [-0.2, -0.15) is 4.31 Å². The van der Waals surface area contributed by atoms with E-state index in [1.807, 2.05) is 31.2 Å². The average molecular weight is 579 g/mol. The first-order chi connectivity index (χ1) is 16.4. The van der Waals surface area contributed by atoms with E-state index >= 15 is 0 Å². The van der Waals surface area contributed by atoms with Gasteiger partial charge < -0.3 is 4.43 Å². The number of hydrogen-bond donors (Lipinski definition) is 0. The summed E-state index contributed by atoms with van der Waals surface area (Å²) in [6.45, 7) is 15.9. The van der Waals surface area contributed by atoms with Crippen LogP contribution in [0.1, 0.15) is 58.2 Å². The monoisotopic (exact) mass is 577 g/mol. The van der Waals surface area contributed by atoms with E-state index in [-0.39, 0.29) is 0 Å². The summed E-state index contributed by atoms with van der Waals surface area (Å²) in [6.07, 6.45) is 2.70. The summed E-state index contributed by atoms with van der Waals surface area (Å²) in [5.41, 5.74) is 4.46. The predicted molar refractivity (Wildman–Crippen MR) is 153 cm³/mol. The van der Waals surface area contributed by atoms with Gasteiger partial charge in [-0.1, -0.05) is 99.4 Å². The minimum Gasteiger partial charge on any atom is -0.544 e. The van der Waals surface area contributed by atoms with Gasteiger partial charge in [0.15, 0.2) is 0 Å². The number of benzene rings is 2. The molecule has 0 aromatic heterocycles. The number of fused-ring (bicyclic) bond motifs is 1. The molecule has 1 atom stereocenters. The lowest BCUT2D eigenvalue weighted by atomic mass is 9.93. The van der Waals surface area contributed by atoms with Crippen molar-refractivity contribution in [2.24, 2.45) is 0 Å². The number of rotatable bonds is 10. The molecule has 4 nitrogen and oxygen atoms in total. The van der Waals surface area contributed by atoms with Crippen LogP contribution in [0.5, 0.6) is 0 Å². The highest BCUT2D eigenvalue weighted by atomic mass is 79.9. The molecular formula is C28H40BrNO3SSi. The van der Waals surface area contributed by atoms with Crippen molar-refractivity contribution in [2.45, 2.75) is 82.4 Å². The Hall–Kier alpha value is -1.41. The summed E-state index contributed by atoms with van der Waals surface area (Å²) in [5.74, 6) is 0.795. The number of hydrogen-bond acceptors (Lipinski definition) is 3. The number of halogens is 1. The molecule has 2 aromatic rings. The molecule has 0 radical (unpaired) electrons. The van der Waals surface area contributed by atoms with Crippen LogP contribution in [0.25, 0.3) is 6.08 Å². The largest absolute Gasteiger partial charge is 0.544 e. The highest BCUT2D eigenvalue weighted by Gasteiger charge is 2.49. The topological polar surface area (TPSA) is 46.6 Å². The number of alkyl halides is 1. The van der Waals surface area contributed by atoms with Crippen molar-refractivity contribution in [1.82, 2.24) is 4.31 Å². The second-order valence-corrected chi connectivity index (χ2v) is 18.6. The fourth-order valence-corrected chi connectivity index (χ4v) is 13.2. The van der Waals surface area contributed by atoms with Gasteiger partial charge in [-0.25, -0.2) is 8.42 Å². The third-order valence-corrected chi connectivity index (χ3v) is 15.7. The molecule has 192 valence electrons. The molecule has 0 fully saturated rings. The van der Waals surface area contributed by atoms with Gasteiger partial charge in [0.25, 0.3) is 8.32 Å². The molecule has 3 rings (SSSR count). The van der Waals surface area contributed by atoms with Crippen LogP contribution in [0.2, 0.25) is 16.6 Å². The lowest BCUT2D eigenvalue weighted by molar-refractivity contribution is 0.261. The Morgan fingerprint density at radius 2 is 1.54 bits per heavy atom. The first kappa shape index (κ1) is 28.2. The minimum absolute atomic E-state index is 0.322. The molecule has 0 heterocycles. The summed E-state index contributed by atoms with van der Waals surface area (Å²) < 4.78 is 36.8. The third kappa shape index (κ3) is 5.63. The summed E-state index contributed by atoms with van der Waals surface area (Å²) in [6, 6.07) is 15.0. The molecule has 0 spiro atoms. The van der Waals surface area contributed by atoms with Crippen LogP contribution in [-0.4, -0.2) is 39.0 Å². The Bertz CT molecular complexity index is 1120. The molecule has 0 amide bonds. The van der Waals surface area contributed by atoms with E-state index < -0.39 is 24.4 Å². The number of sulfonamides is 1. The molecule has 0 N–H and O–H groups in total. The summed E-state index contributed by atoms with van der Waals surface area (Å²) in [5, 5.41) is 0.546. The van der Waals surface area contributed by atoms with Crippen molar-refractivity contribution in [3.05, 3.63) is 71.0 Å². The van der Waals surface area contributed by atoms with E-state index in [1.165, 1.54) is 0 Å². The van der Waals surface area contributed by atoms with Crippen LogP contribution in [0, 0.1) is 6.92 Å². The fraction of sp³-hybridized carbons (Fsp3) is 0.500. The van der Waals surface area contributed by atoms with Crippen molar-refractivity contribution < 1.29 is 12.8 Å². The standard InChI is InChI=1S/C28H40BrNO3SSi/c1-20(2)35(21(3)4,22(5)6)33-28-19-25-11-9-8-10-24(25)18-27(28)30(17-16-29)34(31,32)26-14-12-23(7)13-15-26/h8-15,19-22,27H,16-18H2,1-7H3. The van der Waals surface area contributed by atoms with Gasteiger partial charge in [0, 0.05) is 11.9 Å². The van der Waals surface area contributed by atoms with Gasteiger partial charge in [0.2, 0.25) is 10.0 Å². The lowest BCUT2D eigenvalue weighted by Gasteiger charge is -2.46. The van der Waals surface area contributed by atoms with E-state index in [0.29, 0.717) is 39.8 Å². The summed E-state index contributed by atoms with van der Waals surface area (Å²) in [7, 11) is -6.03. The molecule has 0 saturated heterocycles. The first-order valence-corrected chi connectivity index (χ1v) is 17.3. The Labute approximate surface area is 222 Å². The van der Waals surface area contributed by atoms with Crippen LogP contribution in [0.15, 0.2) is 59.2 Å². The highest BCUT2D eigenvalue weighted by molar-refractivity contribution is 9.09. The molecule has 0 saturated carbocycles. The molecule has 1 aliphatic carbocycles. The quantitative estimate of drug-likeness (QED) is 0.216. The molecule has 1 aliphatic rings. The summed E-state index contributed by atoms with van der Waals surface area (Å²) >= 11 is 3.52. The average Bonchev–Trinajstić information content (AvgIpc) is 2.80. The van der Waals surface area contributed by atoms with Gasteiger partial charge in [-0.15, -0.1) is 0 Å². The van der Waals surface area contributed by atoms with Crippen LogP contribution >= 0.6 is 15.9 Å². The van der Waals surface area contributed by atoms with Crippen molar-refractivity contribution in [3.63, 3.8) is 0 Å². The zero-order chi connectivity index (χ0) is 26.0. The molecule has 0 aliphatic heterocycles. The van der Waals surface area contributed by atoms with E-state index in [9.17, 15) is 8.42 Å². The zero-order valence-corrected chi connectivity index (χ0v) is 25.5. The van der Waals surface area contributed by atoms with Gasteiger partial charge in [-0.3, -0.25) is 0 Å². The third-order valence-electron chi connectivity index (χ3n) is 7.38. The smallest absolute Gasteiger partial charge is 0.258 e. The normalized spacial score (nSPS) is 16.7. The Morgan fingerprint density at radius 3 is 2.09 bits per heavy atom. The Balaban J connectivity index is 2.17. The van der Waals surface area contributed by atoms with Gasteiger partial charge in [0.05, 0.1) is 16.7 Å². The molecule has 7 heteroatoms. The molecular weight excluding hydrogens is 538 g/mol. The maximum absolute atomic E-state index is 14.0. The Morgan fingerprint density at radius 1 is 0.971 bits per heavy atom. The van der Waals surface area contributed by atoms with E-state index in [1.54, 1.807) is 16.4 Å². The molecule has 0 bridgehead atoms. The summed E-state index contributed by atoms with van der Waals surface area (Å²) in [4.78, 5) is 0.322. The number of nitrogens with zero attached hydrogens (tertiary/aromatic N) is 1. The fourth-order valence-electron chi connectivity index (χ4n) is 5.69. The van der Waals surface area contributed by atoms with Crippen molar-refractivity contribution in [3.8, 4) is 0 Å².